The second kappa shape index (κ2) is 3.01. The molecule has 0 saturated heterocycles. The third-order valence-corrected chi connectivity index (χ3v) is 2.58. The highest BCUT2D eigenvalue weighted by Gasteiger charge is 2.33. The van der Waals surface area contributed by atoms with Crippen molar-refractivity contribution in [2.75, 3.05) is 5.32 Å². The van der Waals surface area contributed by atoms with Crippen LogP contribution in [0.2, 0.25) is 0 Å². The van der Waals surface area contributed by atoms with E-state index in [1.54, 1.807) is 0 Å². The zero-order chi connectivity index (χ0) is 10.2. The molecule has 3 nitrogen and oxygen atoms in total. The van der Waals surface area contributed by atoms with E-state index in [1.807, 2.05) is 31.2 Å². The molecule has 0 amide bonds. The third-order valence-electron chi connectivity index (χ3n) is 2.58. The molecule has 1 heterocycles. The van der Waals surface area contributed by atoms with Crippen LogP contribution in [-0.4, -0.2) is 16.6 Å². The highest BCUT2D eigenvalue weighted by molar-refractivity contribution is 5.71. The van der Waals surface area contributed by atoms with Crippen molar-refractivity contribution in [3.63, 3.8) is 0 Å². The summed E-state index contributed by atoms with van der Waals surface area (Å²) in [4.78, 5) is 10.7. The molecule has 74 valence electrons. The van der Waals surface area contributed by atoms with Crippen molar-refractivity contribution in [2.24, 2.45) is 0 Å². The zero-order valence-corrected chi connectivity index (χ0v) is 8.08. The number of hydrogen-bond donors (Lipinski definition) is 2. The second-order valence-corrected chi connectivity index (χ2v) is 4.09. The molecule has 2 N–H and O–H groups in total. The van der Waals surface area contributed by atoms with Crippen LogP contribution in [0.1, 0.15) is 18.9 Å². The van der Waals surface area contributed by atoms with Gasteiger partial charge >= 0.3 is 5.97 Å². The normalized spacial score (nSPS) is 24.1. The Hall–Kier alpha value is -1.51. The van der Waals surface area contributed by atoms with Crippen LogP contribution in [0.25, 0.3) is 0 Å². The molecule has 3 heteroatoms. The van der Waals surface area contributed by atoms with Crippen LogP contribution in [0.4, 0.5) is 5.69 Å². The number of rotatable bonds is 2. The standard InChI is InChI=1S/C11H13NO2/c1-11(7-10(13)14)6-8-4-2-3-5-9(8)12-11/h2-5,12H,6-7H2,1H3,(H,13,14). The highest BCUT2D eigenvalue weighted by atomic mass is 16.4. The minimum atomic E-state index is -0.757. The summed E-state index contributed by atoms with van der Waals surface area (Å²) >= 11 is 0. The number of carboxylic acids is 1. The molecule has 14 heavy (non-hydrogen) atoms. The van der Waals surface area contributed by atoms with E-state index >= 15 is 0 Å². The quantitative estimate of drug-likeness (QED) is 0.750. The first kappa shape index (κ1) is 9.06. The van der Waals surface area contributed by atoms with Crippen LogP contribution < -0.4 is 5.32 Å². The molecular formula is C11H13NO2. The Balaban J connectivity index is 2.21. The van der Waals surface area contributed by atoms with E-state index in [2.05, 4.69) is 5.32 Å². The van der Waals surface area contributed by atoms with Crippen molar-refractivity contribution in [3.05, 3.63) is 29.8 Å². The Kier molecular flexibility index (Phi) is 1.95. The van der Waals surface area contributed by atoms with E-state index in [4.69, 9.17) is 5.11 Å². The van der Waals surface area contributed by atoms with Gasteiger partial charge in [-0.3, -0.25) is 4.79 Å². The number of benzene rings is 1. The number of carbonyl (C=O) groups is 1. The van der Waals surface area contributed by atoms with E-state index in [9.17, 15) is 4.79 Å². The smallest absolute Gasteiger partial charge is 0.305 e. The van der Waals surface area contributed by atoms with E-state index in [1.165, 1.54) is 5.56 Å². The summed E-state index contributed by atoms with van der Waals surface area (Å²) in [5.74, 6) is -0.757. The van der Waals surface area contributed by atoms with Gasteiger partial charge < -0.3 is 10.4 Å². The average molecular weight is 191 g/mol. The van der Waals surface area contributed by atoms with Gasteiger partial charge in [0.15, 0.2) is 0 Å². The van der Waals surface area contributed by atoms with Crippen LogP contribution >= 0.6 is 0 Å². The van der Waals surface area contributed by atoms with Crippen molar-refractivity contribution >= 4 is 11.7 Å². The number of hydrogen-bond acceptors (Lipinski definition) is 2. The largest absolute Gasteiger partial charge is 0.481 e. The Bertz CT molecular complexity index is 348. The van der Waals surface area contributed by atoms with E-state index in [-0.39, 0.29) is 12.0 Å². The van der Waals surface area contributed by atoms with Crippen LogP contribution in [0.5, 0.6) is 0 Å². The minimum Gasteiger partial charge on any atom is -0.481 e. The first-order chi connectivity index (χ1) is 6.59. The molecular weight excluding hydrogens is 178 g/mol. The summed E-state index contributed by atoms with van der Waals surface area (Å²) in [7, 11) is 0. The number of aliphatic carboxylic acids is 1. The van der Waals surface area contributed by atoms with Crippen LogP contribution in [-0.2, 0) is 11.2 Å². The van der Waals surface area contributed by atoms with Crippen molar-refractivity contribution < 1.29 is 9.90 Å². The summed E-state index contributed by atoms with van der Waals surface area (Å²) in [6.07, 6.45) is 0.942. The molecule has 0 bridgehead atoms. The molecule has 1 aliphatic heterocycles. The molecule has 0 saturated carbocycles. The van der Waals surface area contributed by atoms with Crippen LogP contribution in [0.15, 0.2) is 24.3 Å². The van der Waals surface area contributed by atoms with Gasteiger partial charge in [0, 0.05) is 11.2 Å². The Morgan fingerprint density at radius 1 is 1.57 bits per heavy atom. The number of anilines is 1. The molecule has 0 spiro atoms. The first-order valence-electron chi connectivity index (χ1n) is 4.67. The molecule has 0 radical (unpaired) electrons. The fourth-order valence-electron chi connectivity index (χ4n) is 2.03. The zero-order valence-electron chi connectivity index (χ0n) is 8.08. The number of carboxylic acid groups (broad SMARTS) is 1. The van der Waals surface area contributed by atoms with Crippen molar-refractivity contribution in [1.29, 1.82) is 0 Å². The third kappa shape index (κ3) is 1.58. The lowest BCUT2D eigenvalue weighted by atomic mass is 9.94. The van der Waals surface area contributed by atoms with Crippen molar-refractivity contribution in [2.45, 2.75) is 25.3 Å². The molecule has 1 aromatic rings. The lowest BCUT2D eigenvalue weighted by Crippen LogP contribution is -2.34. The molecule has 1 aliphatic rings. The predicted octanol–water partition coefficient (Wildman–Crippen LogP) is 1.89. The summed E-state index contributed by atoms with van der Waals surface area (Å²) in [6.45, 7) is 1.95. The van der Waals surface area contributed by atoms with Crippen molar-refractivity contribution in [3.8, 4) is 0 Å². The van der Waals surface area contributed by atoms with Gasteiger partial charge in [-0.25, -0.2) is 0 Å². The molecule has 1 aromatic carbocycles. The van der Waals surface area contributed by atoms with Gasteiger partial charge in [-0.1, -0.05) is 18.2 Å². The summed E-state index contributed by atoms with van der Waals surface area (Å²) in [6, 6.07) is 7.96. The lowest BCUT2D eigenvalue weighted by Gasteiger charge is -2.22. The summed E-state index contributed by atoms with van der Waals surface area (Å²) in [5, 5.41) is 12.0. The summed E-state index contributed by atoms with van der Waals surface area (Å²) < 4.78 is 0. The van der Waals surface area contributed by atoms with Crippen molar-refractivity contribution in [1.82, 2.24) is 0 Å². The van der Waals surface area contributed by atoms with Gasteiger partial charge in [0.2, 0.25) is 0 Å². The van der Waals surface area contributed by atoms with Gasteiger partial charge in [-0.05, 0) is 25.0 Å². The van der Waals surface area contributed by atoms with Gasteiger partial charge in [-0.2, -0.15) is 0 Å². The molecule has 1 unspecified atom stereocenters. The monoisotopic (exact) mass is 191 g/mol. The van der Waals surface area contributed by atoms with Gasteiger partial charge in [0.25, 0.3) is 0 Å². The lowest BCUT2D eigenvalue weighted by molar-refractivity contribution is -0.138. The van der Waals surface area contributed by atoms with Gasteiger partial charge in [0.05, 0.1) is 6.42 Å². The van der Waals surface area contributed by atoms with E-state index < -0.39 is 5.97 Å². The first-order valence-corrected chi connectivity index (χ1v) is 4.67. The van der Waals surface area contributed by atoms with Gasteiger partial charge in [-0.15, -0.1) is 0 Å². The van der Waals surface area contributed by atoms with E-state index in [0.717, 1.165) is 12.1 Å². The fraction of sp³-hybridized carbons (Fsp3) is 0.364. The molecule has 1 atom stereocenters. The maximum absolute atomic E-state index is 10.7. The highest BCUT2D eigenvalue weighted by Crippen LogP contribution is 2.33. The van der Waals surface area contributed by atoms with Crippen LogP contribution in [0, 0.1) is 0 Å². The predicted molar refractivity (Wildman–Crippen MR) is 54.4 cm³/mol. The SMILES string of the molecule is CC1(CC(=O)O)Cc2ccccc2N1. The molecule has 0 aromatic heterocycles. The Labute approximate surface area is 82.8 Å². The number of nitrogens with one attached hydrogen (secondary N) is 1. The van der Waals surface area contributed by atoms with E-state index in [0.29, 0.717) is 0 Å². The number of para-hydroxylation sites is 1. The maximum atomic E-state index is 10.7. The second-order valence-electron chi connectivity index (χ2n) is 4.09. The molecule has 0 aliphatic carbocycles. The molecule has 0 fully saturated rings. The van der Waals surface area contributed by atoms with Gasteiger partial charge in [0.1, 0.15) is 0 Å². The fourth-order valence-corrected chi connectivity index (χ4v) is 2.03. The minimum absolute atomic E-state index is 0.154. The van der Waals surface area contributed by atoms with Crippen LogP contribution in [0.3, 0.4) is 0 Å². The number of fused-ring (bicyclic) bond motifs is 1. The molecule has 2 rings (SSSR count). The topological polar surface area (TPSA) is 49.3 Å². The summed E-state index contributed by atoms with van der Waals surface area (Å²) in [5.41, 5.74) is 1.95. The Morgan fingerprint density at radius 3 is 2.93 bits per heavy atom. The maximum Gasteiger partial charge on any atom is 0.305 e. The Morgan fingerprint density at radius 2 is 2.29 bits per heavy atom. The average Bonchev–Trinajstić information content (AvgIpc) is 2.38.